The van der Waals surface area contributed by atoms with Gasteiger partial charge in [-0.05, 0) is 17.9 Å². The molecule has 1 heterocycles. The van der Waals surface area contributed by atoms with Gasteiger partial charge in [0.2, 0.25) is 0 Å². The van der Waals surface area contributed by atoms with Crippen molar-refractivity contribution in [3.05, 3.63) is 22.8 Å². The Labute approximate surface area is 132 Å². The number of aromatic nitrogens is 1. The summed E-state index contributed by atoms with van der Waals surface area (Å²) in [7, 11) is 1.76. The third-order valence-corrected chi connectivity index (χ3v) is 3.84. The number of carbonyl (C=O) groups excluding carboxylic acids is 1. The summed E-state index contributed by atoms with van der Waals surface area (Å²) in [6.45, 7) is 7.19. The number of amides is 1. The Balaban J connectivity index is 2.61. The molecule has 1 amide bonds. The van der Waals surface area contributed by atoms with Crippen LogP contribution in [0.3, 0.4) is 0 Å². The number of halogens is 1. The summed E-state index contributed by atoms with van der Waals surface area (Å²) in [4.78, 5) is 16.3. The number of pyridine rings is 1. The minimum absolute atomic E-state index is 0.0934. The highest BCUT2D eigenvalue weighted by Gasteiger charge is 2.20. The Kier molecular flexibility index (Phi) is 6.96. The Morgan fingerprint density at radius 3 is 2.71 bits per heavy atom. The lowest BCUT2D eigenvalue weighted by atomic mass is 9.87. The van der Waals surface area contributed by atoms with Crippen LogP contribution in [0.5, 0.6) is 0 Å². The number of nitrogens with one attached hydrogen (secondary N) is 2. The molecule has 0 saturated heterocycles. The fourth-order valence-corrected chi connectivity index (χ4v) is 2.30. The first-order chi connectivity index (χ1) is 9.89. The number of carbonyl (C=O) groups is 1. The normalized spacial score (nSPS) is 11.3. The summed E-state index contributed by atoms with van der Waals surface area (Å²) in [5.74, 6) is 0.481. The van der Waals surface area contributed by atoms with Gasteiger partial charge in [-0.3, -0.25) is 4.79 Å². The minimum atomic E-state index is -0.150. The van der Waals surface area contributed by atoms with E-state index < -0.39 is 0 Å². The first-order valence-electron chi connectivity index (χ1n) is 7.51. The number of hydrogen-bond donors (Lipinski definition) is 2. The summed E-state index contributed by atoms with van der Waals surface area (Å²) < 4.78 is 0. The molecule has 0 unspecified atom stereocenters. The van der Waals surface area contributed by atoms with Gasteiger partial charge in [0, 0.05) is 19.8 Å². The number of anilines is 1. The van der Waals surface area contributed by atoms with Gasteiger partial charge in [-0.2, -0.15) is 0 Å². The lowest BCUT2D eigenvalue weighted by Gasteiger charge is -2.25. The molecule has 2 N–H and O–H groups in total. The van der Waals surface area contributed by atoms with Gasteiger partial charge in [-0.1, -0.05) is 51.6 Å². The van der Waals surface area contributed by atoms with Crippen LogP contribution in [-0.4, -0.2) is 24.5 Å². The molecule has 0 fully saturated rings. The van der Waals surface area contributed by atoms with Crippen LogP contribution >= 0.6 is 11.6 Å². The number of nitrogens with zero attached hydrogens (tertiary/aromatic N) is 1. The third kappa shape index (κ3) is 5.92. The van der Waals surface area contributed by atoms with Gasteiger partial charge in [-0.15, -0.1) is 0 Å². The second kappa shape index (κ2) is 8.23. The van der Waals surface area contributed by atoms with Crippen molar-refractivity contribution in [1.29, 1.82) is 0 Å². The molecular formula is C16H26ClN3O. The van der Waals surface area contributed by atoms with Crippen molar-refractivity contribution in [3.8, 4) is 0 Å². The molecule has 1 rings (SSSR count). The summed E-state index contributed by atoms with van der Waals surface area (Å²) in [5.41, 5.74) is 0.552. The molecule has 1 aromatic rings. The molecule has 0 atom stereocenters. The highest BCUT2D eigenvalue weighted by Crippen LogP contribution is 2.23. The predicted molar refractivity (Wildman–Crippen MR) is 89.0 cm³/mol. The molecule has 21 heavy (non-hydrogen) atoms. The van der Waals surface area contributed by atoms with Crippen molar-refractivity contribution < 1.29 is 4.79 Å². The number of unbranched alkanes of at least 4 members (excludes halogenated alkanes) is 2. The van der Waals surface area contributed by atoms with Crippen LogP contribution in [0.4, 0.5) is 5.82 Å². The van der Waals surface area contributed by atoms with Gasteiger partial charge >= 0.3 is 0 Å². The van der Waals surface area contributed by atoms with Crippen molar-refractivity contribution in [2.24, 2.45) is 5.41 Å². The zero-order valence-corrected chi connectivity index (χ0v) is 14.2. The molecule has 0 radical (unpaired) electrons. The molecule has 5 heteroatoms. The SMILES string of the molecule is CCCCCC(C)(C)CNC(=O)c1cc(NC)ncc1Cl. The van der Waals surface area contributed by atoms with E-state index in [4.69, 9.17) is 11.6 Å². The number of hydrogen-bond acceptors (Lipinski definition) is 3. The molecule has 0 saturated carbocycles. The molecule has 0 aromatic carbocycles. The lowest BCUT2D eigenvalue weighted by Crippen LogP contribution is -2.34. The van der Waals surface area contributed by atoms with Crippen molar-refractivity contribution in [1.82, 2.24) is 10.3 Å². The topological polar surface area (TPSA) is 54.0 Å². The first-order valence-corrected chi connectivity index (χ1v) is 7.89. The summed E-state index contributed by atoms with van der Waals surface area (Å²) in [6, 6.07) is 1.67. The van der Waals surface area contributed by atoms with Crippen molar-refractivity contribution >= 4 is 23.3 Å². The minimum Gasteiger partial charge on any atom is -0.373 e. The predicted octanol–water partition coefficient (Wildman–Crippen LogP) is 4.11. The fourth-order valence-electron chi connectivity index (χ4n) is 2.11. The van der Waals surface area contributed by atoms with E-state index in [1.807, 2.05) is 0 Å². The van der Waals surface area contributed by atoms with E-state index >= 15 is 0 Å². The second-order valence-corrected chi connectivity index (χ2v) is 6.51. The lowest BCUT2D eigenvalue weighted by molar-refractivity contribution is 0.0934. The highest BCUT2D eigenvalue weighted by atomic mass is 35.5. The van der Waals surface area contributed by atoms with E-state index in [0.717, 1.165) is 6.42 Å². The van der Waals surface area contributed by atoms with E-state index in [9.17, 15) is 4.79 Å². The van der Waals surface area contributed by atoms with E-state index in [1.165, 1.54) is 25.5 Å². The van der Waals surface area contributed by atoms with Crippen molar-refractivity contribution in [2.45, 2.75) is 46.5 Å². The van der Waals surface area contributed by atoms with Crippen LogP contribution in [0, 0.1) is 5.41 Å². The Hall–Kier alpha value is -1.29. The maximum absolute atomic E-state index is 12.3. The van der Waals surface area contributed by atoms with Gasteiger partial charge in [0.1, 0.15) is 5.82 Å². The molecule has 0 spiro atoms. The second-order valence-electron chi connectivity index (χ2n) is 6.10. The highest BCUT2D eigenvalue weighted by molar-refractivity contribution is 6.33. The van der Waals surface area contributed by atoms with Gasteiger partial charge in [0.25, 0.3) is 5.91 Å². The number of rotatable bonds is 8. The molecular weight excluding hydrogens is 286 g/mol. The zero-order valence-electron chi connectivity index (χ0n) is 13.4. The van der Waals surface area contributed by atoms with Gasteiger partial charge < -0.3 is 10.6 Å². The molecule has 4 nitrogen and oxygen atoms in total. The largest absolute Gasteiger partial charge is 0.373 e. The first kappa shape index (κ1) is 17.8. The molecule has 0 bridgehead atoms. The third-order valence-electron chi connectivity index (χ3n) is 3.54. The van der Waals surface area contributed by atoms with Gasteiger partial charge in [0.05, 0.1) is 10.6 Å². The van der Waals surface area contributed by atoms with Crippen molar-refractivity contribution in [3.63, 3.8) is 0 Å². The van der Waals surface area contributed by atoms with Crippen LogP contribution in [0.2, 0.25) is 5.02 Å². The van der Waals surface area contributed by atoms with Crippen LogP contribution in [0.15, 0.2) is 12.3 Å². The summed E-state index contributed by atoms with van der Waals surface area (Å²) in [5, 5.41) is 6.26. The molecule has 0 aliphatic rings. The van der Waals surface area contributed by atoms with Gasteiger partial charge in [-0.25, -0.2) is 4.98 Å². The van der Waals surface area contributed by atoms with Crippen LogP contribution in [0.25, 0.3) is 0 Å². The molecule has 0 aliphatic heterocycles. The van der Waals surface area contributed by atoms with E-state index in [2.05, 4.69) is 36.4 Å². The van der Waals surface area contributed by atoms with Gasteiger partial charge in [0.15, 0.2) is 0 Å². The van der Waals surface area contributed by atoms with Crippen LogP contribution in [-0.2, 0) is 0 Å². The quantitative estimate of drug-likeness (QED) is 0.710. The Bertz CT molecular complexity index is 475. The standard InChI is InChI=1S/C16H26ClN3O/c1-5-6-7-8-16(2,3)11-20-15(21)12-9-14(18-4)19-10-13(12)17/h9-10H,5-8,11H2,1-4H3,(H,18,19)(H,20,21). The average molecular weight is 312 g/mol. The molecule has 1 aromatic heterocycles. The molecule has 118 valence electrons. The average Bonchev–Trinajstić information content (AvgIpc) is 2.45. The maximum Gasteiger partial charge on any atom is 0.253 e. The monoisotopic (exact) mass is 311 g/mol. The Morgan fingerprint density at radius 1 is 1.38 bits per heavy atom. The molecule has 0 aliphatic carbocycles. The zero-order chi connectivity index (χ0) is 15.9. The smallest absolute Gasteiger partial charge is 0.253 e. The van der Waals surface area contributed by atoms with E-state index in [-0.39, 0.29) is 11.3 Å². The Morgan fingerprint density at radius 2 is 2.10 bits per heavy atom. The van der Waals surface area contributed by atoms with E-state index in [0.29, 0.717) is 22.9 Å². The fraction of sp³-hybridized carbons (Fsp3) is 0.625. The summed E-state index contributed by atoms with van der Waals surface area (Å²) in [6.07, 6.45) is 6.24. The van der Waals surface area contributed by atoms with Crippen LogP contribution < -0.4 is 10.6 Å². The maximum atomic E-state index is 12.3. The summed E-state index contributed by atoms with van der Waals surface area (Å²) >= 11 is 6.05. The van der Waals surface area contributed by atoms with Crippen LogP contribution in [0.1, 0.15) is 56.8 Å². The van der Waals surface area contributed by atoms with E-state index in [1.54, 1.807) is 13.1 Å². The van der Waals surface area contributed by atoms with Crippen molar-refractivity contribution in [2.75, 3.05) is 18.9 Å².